The Bertz CT molecular complexity index is 541. The molecule has 0 unspecified atom stereocenters. The van der Waals surface area contributed by atoms with Gasteiger partial charge < -0.3 is 0 Å². The van der Waals surface area contributed by atoms with Crippen molar-refractivity contribution in [3.63, 3.8) is 0 Å². The quantitative estimate of drug-likeness (QED) is 0.531. The Kier molecular flexibility index (Phi) is 4.21. The van der Waals surface area contributed by atoms with Crippen molar-refractivity contribution in [1.82, 2.24) is 0 Å². The van der Waals surface area contributed by atoms with E-state index in [4.69, 9.17) is 0 Å². The van der Waals surface area contributed by atoms with Crippen molar-refractivity contribution in [3.8, 4) is 0 Å². The molecule has 0 heterocycles. The molecule has 0 saturated carbocycles. The average molecular weight is 264 g/mol. The van der Waals surface area contributed by atoms with Gasteiger partial charge >= 0.3 is 0 Å². The monoisotopic (exact) mass is 264 g/mol. The zero-order chi connectivity index (χ0) is 13.7. The molecule has 0 bridgehead atoms. The van der Waals surface area contributed by atoms with Crippen molar-refractivity contribution in [1.29, 1.82) is 0 Å². The Morgan fingerprint density at radius 3 is 1.58 bits per heavy atom. The van der Waals surface area contributed by atoms with Crippen LogP contribution in [0.15, 0.2) is 72.1 Å². The predicted octanol–water partition coefficient (Wildman–Crippen LogP) is 5.15. The Balaban J connectivity index is 2.56. The van der Waals surface area contributed by atoms with Crippen LogP contribution in [0.25, 0.3) is 5.57 Å². The van der Waals surface area contributed by atoms with E-state index in [0.29, 0.717) is 0 Å². The van der Waals surface area contributed by atoms with Crippen LogP contribution in [0, 0.1) is 0 Å². The second kappa shape index (κ2) is 5.88. The van der Waals surface area contributed by atoms with Gasteiger partial charge in [0, 0.05) is 5.57 Å². The molecule has 0 aliphatic heterocycles. The number of hydrogen-bond acceptors (Lipinski definition) is 0. The van der Waals surface area contributed by atoms with E-state index in [-0.39, 0.29) is 0 Å². The summed E-state index contributed by atoms with van der Waals surface area (Å²) in [7, 11) is -1.24. The van der Waals surface area contributed by atoms with Crippen LogP contribution in [0.1, 0.15) is 11.1 Å². The zero-order valence-corrected chi connectivity index (χ0v) is 12.9. The van der Waals surface area contributed by atoms with E-state index in [9.17, 15) is 0 Å². The van der Waals surface area contributed by atoms with E-state index in [0.717, 1.165) is 0 Å². The summed E-state index contributed by atoms with van der Waals surface area (Å²) in [5.74, 6) is 0. The van der Waals surface area contributed by atoms with Crippen LogP contribution in [-0.2, 0) is 0 Å². The summed E-state index contributed by atoms with van der Waals surface area (Å²) >= 11 is 0. The molecule has 2 aromatic carbocycles. The Hall–Kier alpha value is -1.82. The van der Waals surface area contributed by atoms with Crippen molar-refractivity contribution in [2.45, 2.75) is 19.6 Å². The lowest BCUT2D eigenvalue weighted by Crippen LogP contribution is -2.14. The molecule has 0 amide bonds. The van der Waals surface area contributed by atoms with Gasteiger partial charge in [-0.05, 0) is 11.1 Å². The van der Waals surface area contributed by atoms with Crippen LogP contribution in [0.4, 0.5) is 0 Å². The largest absolute Gasteiger partial charge is 0.120 e. The van der Waals surface area contributed by atoms with Gasteiger partial charge in [-0.25, -0.2) is 0 Å². The molecular weight excluding hydrogens is 244 g/mol. The molecule has 0 N–H and O–H groups in total. The van der Waals surface area contributed by atoms with E-state index < -0.39 is 8.07 Å². The minimum Gasteiger partial charge on any atom is -0.120 e. The van der Waals surface area contributed by atoms with Crippen molar-refractivity contribution >= 4 is 13.6 Å². The van der Waals surface area contributed by atoms with Crippen molar-refractivity contribution in [3.05, 3.63) is 83.2 Å². The molecule has 19 heavy (non-hydrogen) atoms. The molecule has 0 fully saturated rings. The second-order valence-corrected chi connectivity index (χ2v) is 10.8. The summed E-state index contributed by atoms with van der Waals surface area (Å²) in [6.07, 6.45) is 0. The summed E-state index contributed by atoms with van der Waals surface area (Å²) in [6.45, 7) is 6.98. The minimum atomic E-state index is -1.24. The smallest absolute Gasteiger partial charge is 0.0782 e. The molecule has 96 valence electrons. The van der Waals surface area contributed by atoms with E-state index >= 15 is 0 Å². The third-order valence-corrected chi connectivity index (χ3v) is 3.78. The summed E-state index contributed by atoms with van der Waals surface area (Å²) in [5.41, 5.74) is 9.46. The first kappa shape index (κ1) is 13.6. The lowest BCUT2D eigenvalue weighted by Gasteiger charge is -2.08. The molecule has 0 aliphatic rings. The van der Waals surface area contributed by atoms with Crippen molar-refractivity contribution < 1.29 is 0 Å². The van der Waals surface area contributed by atoms with Gasteiger partial charge in [-0.1, -0.05) is 86.0 Å². The van der Waals surface area contributed by atoms with Gasteiger partial charge in [0.25, 0.3) is 0 Å². The van der Waals surface area contributed by atoms with Gasteiger partial charge in [-0.2, -0.15) is 0 Å². The SMILES string of the molecule is C[Si](C)(C)C=C=C(c1ccccc1)c1ccccc1. The normalized spacial score (nSPS) is 10.7. The minimum absolute atomic E-state index is 1.18. The highest BCUT2D eigenvalue weighted by atomic mass is 28.3. The maximum atomic E-state index is 3.55. The molecule has 0 atom stereocenters. The molecule has 0 aromatic heterocycles. The fraction of sp³-hybridized carbons (Fsp3) is 0.167. The topological polar surface area (TPSA) is 0 Å². The van der Waals surface area contributed by atoms with Crippen molar-refractivity contribution in [2.75, 3.05) is 0 Å². The molecule has 2 aromatic rings. The van der Waals surface area contributed by atoms with E-state index in [1.165, 1.54) is 16.7 Å². The molecule has 0 saturated heterocycles. The van der Waals surface area contributed by atoms with Crippen LogP contribution in [0.2, 0.25) is 19.6 Å². The fourth-order valence-corrected chi connectivity index (χ4v) is 2.41. The Morgan fingerprint density at radius 2 is 1.21 bits per heavy atom. The highest BCUT2D eigenvalue weighted by Crippen LogP contribution is 2.22. The summed E-state index contributed by atoms with van der Waals surface area (Å²) < 4.78 is 0. The highest BCUT2D eigenvalue weighted by Gasteiger charge is 2.08. The van der Waals surface area contributed by atoms with Crippen LogP contribution in [0.5, 0.6) is 0 Å². The molecular formula is C18H20Si. The first-order valence-electron chi connectivity index (χ1n) is 6.65. The molecule has 0 radical (unpaired) electrons. The van der Waals surface area contributed by atoms with Crippen molar-refractivity contribution in [2.24, 2.45) is 0 Å². The molecule has 0 nitrogen and oxygen atoms in total. The standard InChI is InChI=1S/C18H20Si/c1-19(2,3)15-14-18(16-10-6-4-7-11-16)17-12-8-5-9-13-17/h4-13,15H,1-3H3. The Morgan fingerprint density at radius 1 is 0.789 bits per heavy atom. The van der Waals surface area contributed by atoms with Crippen LogP contribution >= 0.6 is 0 Å². The lowest BCUT2D eigenvalue weighted by atomic mass is 9.99. The third-order valence-electron chi connectivity index (χ3n) is 2.77. The van der Waals surface area contributed by atoms with Crippen LogP contribution in [0.3, 0.4) is 0 Å². The maximum Gasteiger partial charge on any atom is 0.0782 e. The molecule has 0 aliphatic carbocycles. The third kappa shape index (κ3) is 4.10. The Labute approximate surface area is 117 Å². The lowest BCUT2D eigenvalue weighted by molar-refractivity contribution is 1.55. The molecule has 0 spiro atoms. The highest BCUT2D eigenvalue weighted by molar-refractivity contribution is 6.80. The molecule has 2 rings (SSSR count). The van der Waals surface area contributed by atoms with Gasteiger partial charge in [0.15, 0.2) is 0 Å². The maximum absolute atomic E-state index is 3.55. The second-order valence-electron chi connectivity index (χ2n) is 5.76. The van der Waals surface area contributed by atoms with E-state index in [1.807, 2.05) is 12.1 Å². The average Bonchev–Trinajstić information content (AvgIpc) is 2.40. The van der Waals surface area contributed by atoms with Gasteiger partial charge in [0.2, 0.25) is 0 Å². The van der Waals surface area contributed by atoms with Crippen LogP contribution in [-0.4, -0.2) is 8.07 Å². The van der Waals surface area contributed by atoms with E-state index in [1.54, 1.807) is 0 Å². The van der Waals surface area contributed by atoms with Gasteiger partial charge in [0.05, 0.1) is 8.07 Å². The van der Waals surface area contributed by atoms with Gasteiger partial charge in [-0.3, -0.25) is 0 Å². The van der Waals surface area contributed by atoms with E-state index in [2.05, 4.69) is 79.6 Å². The zero-order valence-electron chi connectivity index (χ0n) is 11.9. The molecule has 1 heteroatoms. The first-order chi connectivity index (χ1) is 9.06. The van der Waals surface area contributed by atoms with Gasteiger partial charge in [0.1, 0.15) is 0 Å². The van der Waals surface area contributed by atoms with Crippen LogP contribution < -0.4 is 0 Å². The first-order valence-corrected chi connectivity index (χ1v) is 10.2. The number of benzene rings is 2. The number of rotatable bonds is 3. The fourth-order valence-electron chi connectivity index (χ4n) is 1.83. The number of hydrogen-bond donors (Lipinski definition) is 0. The summed E-state index contributed by atoms with van der Waals surface area (Å²) in [6, 6.07) is 21.0. The summed E-state index contributed by atoms with van der Waals surface area (Å²) in [4.78, 5) is 0. The van der Waals surface area contributed by atoms with Gasteiger partial charge in [-0.15, -0.1) is 5.73 Å². The summed E-state index contributed by atoms with van der Waals surface area (Å²) in [5, 5.41) is 0. The predicted molar refractivity (Wildman–Crippen MR) is 86.8 cm³/mol.